The molecule has 2 amide bonds. The number of nitrogens with zero attached hydrogens (tertiary/aromatic N) is 1. The predicted octanol–water partition coefficient (Wildman–Crippen LogP) is 1.88. The summed E-state index contributed by atoms with van der Waals surface area (Å²) in [7, 11) is 0. The lowest BCUT2D eigenvalue weighted by Gasteiger charge is -2.17. The molecule has 1 aliphatic rings. The van der Waals surface area contributed by atoms with Crippen LogP contribution in [0.15, 0.2) is 54.6 Å². The average Bonchev–Trinajstić information content (AvgIpc) is 3.12. The van der Waals surface area contributed by atoms with Gasteiger partial charge in [0.25, 0.3) is 5.91 Å². The van der Waals surface area contributed by atoms with Gasteiger partial charge in [0.05, 0.1) is 12.5 Å². The molecule has 0 aromatic heterocycles. The van der Waals surface area contributed by atoms with E-state index in [0.717, 1.165) is 11.6 Å². The Morgan fingerprint density at radius 1 is 1.07 bits per heavy atom. The molecule has 1 aliphatic heterocycles. The Bertz CT molecular complexity index is 856. The first-order valence-corrected chi connectivity index (χ1v) is 8.55. The lowest BCUT2D eigenvalue weighted by molar-refractivity contribution is -0.141. The van der Waals surface area contributed by atoms with Crippen LogP contribution in [0.2, 0.25) is 0 Å². The zero-order chi connectivity index (χ0) is 19.4. The molecule has 0 unspecified atom stereocenters. The van der Waals surface area contributed by atoms with Gasteiger partial charge in [0.15, 0.2) is 0 Å². The minimum atomic E-state index is -0.956. The molecule has 2 aromatic carbocycles. The van der Waals surface area contributed by atoms with Crippen molar-refractivity contribution in [3.8, 4) is 0 Å². The van der Waals surface area contributed by atoms with Crippen molar-refractivity contribution in [3.63, 3.8) is 0 Å². The molecular formula is C20H19FN2O4. The highest BCUT2D eigenvalue weighted by Gasteiger charge is 2.40. The first-order valence-electron chi connectivity index (χ1n) is 8.55. The number of likely N-dealkylation sites (tertiary alicyclic amines) is 1. The number of carbonyl (C=O) groups excluding carboxylic acids is 2. The first-order chi connectivity index (χ1) is 13.0. The van der Waals surface area contributed by atoms with Crippen molar-refractivity contribution >= 4 is 17.8 Å². The van der Waals surface area contributed by atoms with E-state index in [1.165, 1.54) is 23.1 Å². The second-order valence-corrected chi connectivity index (χ2v) is 6.45. The van der Waals surface area contributed by atoms with Crippen LogP contribution in [0.4, 0.5) is 4.39 Å². The maximum atomic E-state index is 13.2. The smallest absolute Gasteiger partial charge is 0.308 e. The van der Waals surface area contributed by atoms with E-state index in [1.807, 2.05) is 30.3 Å². The highest BCUT2D eigenvalue weighted by atomic mass is 19.1. The van der Waals surface area contributed by atoms with Gasteiger partial charge in [-0.25, -0.2) is 4.39 Å². The molecule has 1 fully saturated rings. The Kier molecular flexibility index (Phi) is 5.49. The Labute approximate surface area is 155 Å². The fraction of sp³-hybridized carbons (Fsp3) is 0.250. The second kappa shape index (κ2) is 7.99. The summed E-state index contributed by atoms with van der Waals surface area (Å²) in [5.74, 6) is -3.42. The summed E-state index contributed by atoms with van der Waals surface area (Å²) in [6, 6.07) is 14.4. The normalized spacial score (nSPS) is 18.9. The summed E-state index contributed by atoms with van der Waals surface area (Å²) in [6.07, 6.45) is 0. The topological polar surface area (TPSA) is 86.7 Å². The van der Waals surface area contributed by atoms with Gasteiger partial charge in [0.1, 0.15) is 5.82 Å². The minimum absolute atomic E-state index is 0.0869. The van der Waals surface area contributed by atoms with Gasteiger partial charge in [-0.15, -0.1) is 0 Å². The molecular weight excluding hydrogens is 351 g/mol. The zero-order valence-electron chi connectivity index (χ0n) is 14.5. The van der Waals surface area contributed by atoms with Crippen LogP contribution < -0.4 is 5.32 Å². The Morgan fingerprint density at radius 3 is 2.48 bits per heavy atom. The van der Waals surface area contributed by atoms with E-state index in [-0.39, 0.29) is 37.0 Å². The van der Waals surface area contributed by atoms with E-state index < -0.39 is 23.6 Å². The zero-order valence-corrected chi connectivity index (χ0v) is 14.5. The number of nitrogens with one attached hydrogen (secondary N) is 1. The maximum Gasteiger partial charge on any atom is 0.308 e. The molecule has 0 radical (unpaired) electrons. The van der Waals surface area contributed by atoms with Crippen LogP contribution in [-0.2, 0) is 9.59 Å². The van der Waals surface area contributed by atoms with Crippen molar-refractivity contribution in [2.45, 2.75) is 5.92 Å². The summed E-state index contributed by atoms with van der Waals surface area (Å²) in [6.45, 7) is 0.0857. The molecule has 7 heteroatoms. The van der Waals surface area contributed by atoms with Gasteiger partial charge in [-0.1, -0.05) is 36.4 Å². The quantitative estimate of drug-likeness (QED) is 0.841. The monoisotopic (exact) mass is 370 g/mol. The number of benzene rings is 2. The van der Waals surface area contributed by atoms with E-state index in [9.17, 15) is 23.9 Å². The number of aliphatic carboxylic acids is 1. The van der Waals surface area contributed by atoms with E-state index in [0.29, 0.717) is 0 Å². The van der Waals surface area contributed by atoms with Crippen LogP contribution >= 0.6 is 0 Å². The lowest BCUT2D eigenvalue weighted by atomic mass is 9.89. The number of halogens is 1. The van der Waals surface area contributed by atoms with E-state index in [2.05, 4.69) is 5.32 Å². The number of hydrogen-bond acceptors (Lipinski definition) is 3. The molecule has 3 rings (SSSR count). The Morgan fingerprint density at radius 2 is 1.81 bits per heavy atom. The number of carbonyl (C=O) groups is 3. The van der Waals surface area contributed by atoms with E-state index in [4.69, 9.17) is 0 Å². The van der Waals surface area contributed by atoms with Crippen LogP contribution in [0.1, 0.15) is 21.8 Å². The molecule has 0 spiro atoms. The van der Waals surface area contributed by atoms with Gasteiger partial charge < -0.3 is 15.3 Å². The van der Waals surface area contributed by atoms with Crippen molar-refractivity contribution in [2.24, 2.45) is 5.92 Å². The van der Waals surface area contributed by atoms with Crippen LogP contribution in [0.5, 0.6) is 0 Å². The third kappa shape index (κ3) is 4.31. The van der Waals surface area contributed by atoms with Crippen LogP contribution in [0.25, 0.3) is 0 Å². The van der Waals surface area contributed by atoms with E-state index >= 15 is 0 Å². The van der Waals surface area contributed by atoms with Crippen LogP contribution in [0, 0.1) is 11.7 Å². The number of amides is 2. The number of carboxylic acids is 1. The predicted molar refractivity (Wildman–Crippen MR) is 95.6 cm³/mol. The third-order valence-electron chi connectivity index (χ3n) is 4.70. The summed E-state index contributed by atoms with van der Waals surface area (Å²) >= 11 is 0. The van der Waals surface area contributed by atoms with Crippen molar-refractivity contribution in [2.75, 3.05) is 19.6 Å². The first kappa shape index (κ1) is 18.6. The largest absolute Gasteiger partial charge is 0.481 e. The van der Waals surface area contributed by atoms with E-state index in [1.54, 1.807) is 0 Å². The maximum absolute atomic E-state index is 13.2. The van der Waals surface area contributed by atoms with Crippen LogP contribution in [-0.4, -0.2) is 47.4 Å². The molecule has 140 valence electrons. The molecule has 2 atom stereocenters. The molecule has 1 saturated heterocycles. The number of carboxylic acid groups (broad SMARTS) is 1. The molecule has 1 heterocycles. The third-order valence-corrected chi connectivity index (χ3v) is 4.70. The molecule has 2 N–H and O–H groups in total. The van der Waals surface area contributed by atoms with Crippen LogP contribution in [0.3, 0.4) is 0 Å². The van der Waals surface area contributed by atoms with Gasteiger partial charge in [0.2, 0.25) is 5.91 Å². The summed E-state index contributed by atoms with van der Waals surface area (Å²) in [4.78, 5) is 37.5. The van der Waals surface area contributed by atoms with Gasteiger partial charge in [-0.3, -0.25) is 14.4 Å². The van der Waals surface area contributed by atoms with Gasteiger partial charge in [-0.2, -0.15) is 0 Å². The highest BCUT2D eigenvalue weighted by Crippen LogP contribution is 2.32. The second-order valence-electron chi connectivity index (χ2n) is 6.45. The van der Waals surface area contributed by atoms with Gasteiger partial charge >= 0.3 is 5.97 Å². The Balaban J connectivity index is 1.63. The Hall–Kier alpha value is -3.22. The van der Waals surface area contributed by atoms with Gasteiger partial charge in [-0.05, 0) is 23.8 Å². The fourth-order valence-corrected chi connectivity index (χ4v) is 3.30. The SMILES string of the molecule is O=C(NCC(=O)N1C[C@H](c2ccccc2)[C@H](C(=O)O)C1)c1cccc(F)c1. The minimum Gasteiger partial charge on any atom is -0.481 e. The van der Waals surface area contributed by atoms with Crippen molar-refractivity contribution < 1.29 is 23.9 Å². The molecule has 0 bridgehead atoms. The van der Waals surface area contributed by atoms with Crippen molar-refractivity contribution in [3.05, 3.63) is 71.5 Å². The fourth-order valence-electron chi connectivity index (χ4n) is 3.30. The molecule has 27 heavy (non-hydrogen) atoms. The number of rotatable bonds is 5. The molecule has 0 saturated carbocycles. The summed E-state index contributed by atoms with van der Waals surface area (Å²) in [5, 5.41) is 12.0. The van der Waals surface area contributed by atoms with Crippen molar-refractivity contribution in [1.82, 2.24) is 10.2 Å². The lowest BCUT2D eigenvalue weighted by Crippen LogP contribution is -2.39. The summed E-state index contributed by atoms with van der Waals surface area (Å²) in [5.41, 5.74) is 0.985. The average molecular weight is 370 g/mol. The van der Waals surface area contributed by atoms with Gasteiger partial charge in [0, 0.05) is 24.6 Å². The summed E-state index contributed by atoms with van der Waals surface area (Å²) < 4.78 is 13.2. The standard InChI is InChI=1S/C20H19FN2O4/c21-15-8-4-7-14(9-15)19(25)22-10-18(24)23-11-16(17(12-23)20(26)27)13-5-2-1-3-6-13/h1-9,16-17H,10-12H2,(H,22,25)(H,26,27)/t16-,17-/m1/s1. The molecule has 2 aromatic rings. The molecule has 6 nitrogen and oxygen atoms in total. The highest BCUT2D eigenvalue weighted by molar-refractivity contribution is 5.96. The number of hydrogen-bond donors (Lipinski definition) is 2. The molecule has 0 aliphatic carbocycles. The van der Waals surface area contributed by atoms with Crippen molar-refractivity contribution in [1.29, 1.82) is 0 Å².